The van der Waals surface area contributed by atoms with Gasteiger partial charge in [-0.1, -0.05) is 25.5 Å². The van der Waals surface area contributed by atoms with E-state index in [1.165, 1.54) is 5.56 Å². The third kappa shape index (κ3) is 3.23. The van der Waals surface area contributed by atoms with Crippen LogP contribution in [0.15, 0.2) is 24.3 Å². The van der Waals surface area contributed by atoms with Crippen LogP contribution in [0.2, 0.25) is 0 Å². The van der Waals surface area contributed by atoms with Crippen molar-refractivity contribution in [3.8, 4) is 0 Å². The first-order valence-corrected chi connectivity index (χ1v) is 8.06. The van der Waals surface area contributed by atoms with E-state index in [9.17, 15) is 13.5 Å². The van der Waals surface area contributed by atoms with Crippen molar-refractivity contribution >= 4 is 15.5 Å². The van der Waals surface area contributed by atoms with E-state index in [4.69, 9.17) is 0 Å². The molecule has 2 unspecified atom stereocenters. The predicted octanol–water partition coefficient (Wildman–Crippen LogP) is 1.21. The summed E-state index contributed by atoms with van der Waals surface area (Å²) in [6.45, 7) is 2.13. The summed E-state index contributed by atoms with van der Waals surface area (Å²) in [6.07, 6.45) is 1.33. The molecule has 0 spiro atoms. The van der Waals surface area contributed by atoms with Crippen molar-refractivity contribution in [2.24, 2.45) is 0 Å². The van der Waals surface area contributed by atoms with Crippen molar-refractivity contribution in [3.63, 3.8) is 0 Å². The van der Waals surface area contributed by atoms with Gasteiger partial charge in [0, 0.05) is 5.69 Å². The van der Waals surface area contributed by atoms with E-state index in [0.29, 0.717) is 0 Å². The van der Waals surface area contributed by atoms with Gasteiger partial charge in [-0.3, -0.25) is 0 Å². The topological polar surface area (TPSA) is 66.4 Å². The van der Waals surface area contributed by atoms with Crippen LogP contribution in [0.4, 0.5) is 5.69 Å². The summed E-state index contributed by atoms with van der Waals surface area (Å²) >= 11 is 0. The number of hydrogen-bond donors (Lipinski definition) is 2. The number of anilines is 1. The molecule has 18 heavy (non-hydrogen) atoms. The van der Waals surface area contributed by atoms with Crippen LogP contribution >= 0.6 is 0 Å². The van der Waals surface area contributed by atoms with E-state index in [2.05, 4.69) is 12.2 Å². The molecule has 1 aromatic carbocycles. The first-order chi connectivity index (χ1) is 8.50. The molecule has 100 valence electrons. The van der Waals surface area contributed by atoms with Crippen molar-refractivity contribution in [3.05, 3.63) is 29.8 Å². The number of aryl methyl sites for hydroxylation is 1. The Morgan fingerprint density at radius 1 is 1.28 bits per heavy atom. The third-order valence-corrected chi connectivity index (χ3v) is 4.88. The van der Waals surface area contributed by atoms with E-state index in [0.717, 1.165) is 18.5 Å². The van der Waals surface area contributed by atoms with Gasteiger partial charge in [-0.25, -0.2) is 8.42 Å². The average molecular weight is 269 g/mol. The second kappa shape index (κ2) is 5.28. The fourth-order valence-electron chi connectivity index (χ4n) is 2.24. The molecule has 1 aliphatic heterocycles. The molecule has 0 saturated carbocycles. The summed E-state index contributed by atoms with van der Waals surface area (Å²) in [5.41, 5.74) is 2.12. The lowest BCUT2D eigenvalue weighted by atomic mass is 10.1. The zero-order valence-corrected chi connectivity index (χ0v) is 11.3. The van der Waals surface area contributed by atoms with Crippen molar-refractivity contribution in [1.29, 1.82) is 0 Å². The molecule has 2 N–H and O–H groups in total. The van der Waals surface area contributed by atoms with Gasteiger partial charge in [-0.15, -0.1) is 0 Å². The minimum atomic E-state index is -3.09. The van der Waals surface area contributed by atoms with Crippen molar-refractivity contribution in [2.45, 2.75) is 31.9 Å². The lowest BCUT2D eigenvalue weighted by Gasteiger charge is -2.16. The van der Waals surface area contributed by atoms with Crippen molar-refractivity contribution in [2.75, 3.05) is 16.8 Å². The lowest BCUT2D eigenvalue weighted by molar-refractivity contribution is 0.190. The molecular formula is C13H19NO3S. The monoisotopic (exact) mass is 269 g/mol. The number of hydrogen-bond acceptors (Lipinski definition) is 4. The highest BCUT2D eigenvalue weighted by Crippen LogP contribution is 2.19. The Hall–Kier alpha value is -1.07. The average Bonchev–Trinajstić information content (AvgIpc) is 2.55. The van der Waals surface area contributed by atoms with Gasteiger partial charge in [0.05, 0.1) is 23.7 Å². The van der Waals surface area contributed by atoms with Crippen LogP contribution in [0.1, 0.15) is 18.9 Å². The molecule has 1 aromatic rings. The minimum Gasteiger partial charge on any atom is -0.390 e. The normalized spacial score (nSPS) is 26.1. The second-order valence-corrected chi connectivity index (χ2v) is 7.00. The smallest absolute Gasteiger partial charge is 0.155 e. The summed E-state index contributed by atoms with van der Waals surface area (Å²) in [4.78, 5) is 0. The molecule has 4 nitrogen and oxygen atoms in total. The molecule has 1 heterocycles. The Balaban J connectivity index is 2.01. The summed E-state index contributed by atoms with van der Waals surface area (Å²) in [5.74, 6) is -0.135. The standard InChI is InChI=1S/C13H19NO3S/c1-2-3-10-4-6-11(7-5-10)14-12-8-18(16,17)9-13(12)15/h4-7,12-15H,2-3,8-9H2,1H3. The molecule has 1 fully saturated rings. The molecule has 2 rings (SSSR count). The Morgan fingerprint density at radius 2 is 1.94 bits per heavy atom. The maximum Gasteiger partial charge on any atom is 0.155 e. The van der Waals surface area contributed by atoms with Gasteiger partial charge in [0.1, 0.15) is 0 Å². The van der Waals surface area contributed by atoms with Gasteiger partial charge >= 0.3 is 0 Å². The van der Waals surface area contributed by atoms with Gasteiger partial charge in [0.2, 0.25) is 0 Å². The van der Waals surface area contributed by atoms with Crippen molar-refractivity contribution < 1.29 is 13.5 Å². The molecule has 5 heteroatoms. The van der Waals surface area contributed by atoms with E-state index in [-0.39, 0.29) is 11.5 Å². The number of aliphatic hydroxyl groups is 1. The third-order valence-electron chi connectivity index (χ3n) is 3.17. The maximum absolute atomic E-state index is 11.4. The van der Waals surface area contributed by atoms with E-state index in [1.807, 2.05) is 24.3 Å². The predicted molar refractivity (Wildman–Crippen MR) is 72.5 cm³/mol. The SMILES string of the molecule is CCCc1ccc(NC2CS(=O)(=O)CC2O)cc1. The second-order valence-electron chi connectivity index (χ2n) is 4.84. The highest BCUT2D eigenvalue weighted by molar-refractivity contribution is 7.91. The van der Waals surface area contributed by atoms with Crippen LogP contribution in [0.5, 0.6) is 0 Å². The molecule has 0 aromatic heterocycles. The highest BCUT2D eigenvalue weighted by atomic mass is 32.2. The highest BCUT2D eigenvalue weighted by Gasteiger charge is 2.36. The molecular weight excluding hydrogens is 250 g/mol. The molecule has 0 amide bonds. The zero-order valence-electron chi connectivity index (χ0n) is 10.5. The molecule has 1 saturated heterocycles. The first kappa shape index (κ1) is 13.4. The first-order valence-electron chi connectivity index (χ1n) is 6.24. The quantitative estimate of drug-likeness (QED) is 0.862. The van der Waals surface area contributed by atoms with Gasteiger partial charge in [-0.2, -0.15) is 0 Å². The maximum atomic E-state index is 11.4. The number of benzene rings is 1. The molecule has 0 bridgehead atoms. The zero-order chi connectivity index (χ0) is 13.2. The molecule has 0 radical (unpaired) electrons. The fraction of sp³-hybridized carbons (Fsp3) is 0.538. The Morgan fingerprint density at radius 3 is 2.44 bits per heavy atom. The number of rotatable bonds is 4. The fourth-order valence-corrected chi connectivity index (χ4v) is 3.98. The lowest BCUT2D eigenvalue weighted by Crippen LogP contribution is -2.31. The summed E-state index contributed by atoms with van der Waals surface area (Å²) in [7, 11) is -3.09. The minimum absolute atomic E-state index is 0.00484. The van der Waals surface area contributed by atoms with Crippen molar-refractivity contribution in [1.82, 2.24) is 0 Å². The van der Waals surface area contributed by atoms with Crippen LogP contribution in [0.3, 0.4) is 0 Å². The number of nitrogens with one attached hydrogen (secondary N) is 1. The van der Waals surface area contributed by atoms with Crippen LogP contribution in [0.25, 0.3) is 0 Å². The largest absolute Gasteiger partial charge is 0.390 e. The van der Waals surface area contributed by atoms with Gasteiger partial charge in [0.25, 0.3) is 0 Å². The molecule has 0 aliphatic carbocycles. The molecule has 2 atom stereocenters. The van der Waals surface area contributed by atoms with Crippen LogP contribution in [-0.4, -0.2) is 37.2 Å². The van der Waals surface area contributed by atoms with Gasteiger partial charge < -0.3 is 10.4 Å². The number of sulfone groups is 1. The van der Waals surface area contributed by atoms with E-state index < -0.39 is 22.0 Å². The summed E-state index contributed by atoms with van der Waals surface area (Å²) < 4.78 is 22.8. The Bertz CT molecular complexity index is 495. The van der Waals surface area contributed by atoms with Crippen LogP contribution in [0, 0.1) is 0 Å². The van der Waals surface area contributed by atoms with Gasteiger partial charge in [-0.05, 0) is 24.1 Å². The van der Waals surface area contributed by atoms with Crippen LogP contribution < -0.4 is 5.32 Å². The Labute approximate surface area is 108 Å². The van der Waals surface area contributed by atoms with E-state index in [1.54, 1.807) is 0 Å². The summed E-state index contributed by atoms with van der Waals surface area (Å²) in [5, 5.41) is 12.8. The van der Waals surface area contributed by atoms with Gasteiger partial charge in [0.15, 0.2) is 9.84 Å². The Kier molecular flexibility index (Phi) is 3.92. The summed E-state index contributed by atoms with van der Waals surface area (Å²) in [6, 6.07) is 7.53. The molecule has 1 aliphatic rings. The number of aliphatic hydroxyl groups excluding tert-OH is 1. The van der Waals surface area contributed by atoms with Crippen LogP contribution in [-0.2, 0) is 16.3 Å². The van der Waals surface area contributed by atoms with E-state index >= 15 is 0 Å².